The van der Waals surface area contributed by atoms with E-state index in [1.807, 2.05) is 6.92 Å². The van der Waals surface area contributed by atoms with E-state index in [9.17, 15) is 13.6 Å². The molecule has 1 atom stereocenters. The first-order valence-corrected chi connectivity index (χ1v) is 5.94. The van der Waals surface area contributed by atoms with Crippen LogP contribution in [0.1, 0.15) is 20.3 Å². The second-order valence-electron chi connectivity index (χ2n) is 4.46. The van der Waals surface area contributed by atoms with Crippen LogP contribution in [0.2, 0.25) is 0 Å². The number of hydrogen-bond donors (Lipinski definition) is 2. The van der Waals surface area contributed by atoms with Crippen LogP contribution >= 0.6 is 0 Å². The molecule has 0 saturated carbocycles. The molecule has 0 saturated heterocycles. The summed E-state index contributed by atoms with van der Waals surface area (Å²) in [6.07, 6.45) is 0.761. The first-order chi connectivity index (χ1) is 8.87. The number of carboxylic acids is 1. The Kier molecular flexibility index (Phi) is 5.23. The predicted molar refractivity (Wildman–Crippen MR) is 66.2 cm³/mol. The van der Waals surface area contributed by atoms with Gasteiger partial charge in [0, 0.05) is 18.2 Å². The quantitative estimate of drug-likeness (QED) is 0.799. The number of rotatable bonds is 7. The summed E-state index contributed by atoms with van der Waals surface area (Å²) >= 11 is 0. The van der Waals surface area contributed by atoms with Crippen molar-refractivity contribution < 1.29 is 23.4 Å². The molecule has 0 fully saturated rings. The van der Waals surface area contributed by atoms with E-state index in [1.54, 1.807) is 0 Å². The Hall–Kier alpha value is -1.69. The summed E-state index contributed by atoms with van der Waals surface area (Å²) in [6, 6.07) is 2.73. The lowest BCUT2D eigenvalue weighted by atomic mass is 10.0. The Balaban J connectivity index is 2.73. The molecule has 0 amide bonds. The van der Waals surface area contributed by atoms with E-state index in [0.717, 1.165) is 24.6 Å². The van der Waals surface area contributed by atoms with E-state index in [-0.39, 0.29) is 12.4 Å². The summed E-state index contributed by atoms with van der Waals surface area (Å²) < 4.78 is 31.1. The molecule has 1 unspecified atom stereocenters. The molecule has 1 aromatic carbocycles. The van der Waals surface area contributed by atoms with Crippen LogP contribution in [0, 0.1) is 11.6 Å². The zero-order valence-electron chi connectivity index (χ0n) is 10.9. The van der Waals surface area contributed by atoms with Crippen molar-refractivity contribution in [3.63, 3.8) is 0 Å². The minimum Gasteiger partial charge on any atom is -0.491 e. The minimum absolute atomic E-state index is 0.0386. The van der Waals surface area contributed by atoms with Crippen molar-refractivity contribution in [3.05, 3.63) is 29.8 Å². The molecular formula is C13H17F2NO3. The van der Waals surface area contributed by atoms with Crippen molar-refractivity contribution in [1.29, 1.82) is 0 Å². The van der Waals surface area contributed by atoms with Gasteiger partial charge in [0.25, 0.3) is 0 Å². The van der Waals surface area contributed by atoms with Gasteiger partial charge in [-0.2, -0.15) is 0 Å². The summed E-state index contributed by atoms with van der Waals surface area (Å²) in [6.45, 7) is 3.63. The highest BCUT2D eigenvalue weighted by atomic mass is 19.1. The maximum absolute atomic E-state index is 13.0. The molecule has 0 spiro atoms. The number of aliphatic carboxylic acids is 1. The summed E-state index contributed by atoms with van der Waals surface area (Å²) in [5.41, 5.74) is -1.31. The fourth-order valence-electron chi connectivity index (χ4n) is 1.43. The smallest absolute Gasteiger partial charge is 0.327 e. The maximum Gasteiger partial charge on any atom is 0.327 e. The fourth-order valence-corrected chi connectivity index (χ4v) is 1.43. The Labute approximate surface area is 110 Å². The van der Waals surface area contributed by atoms with E-state index in [0.29, 0.717) is 6.54 Å². The summed E-state index contributed by atoms with van der Waals surface area (Å²) in [7, 11) is 0. The average Bonchev–Trinajstić information content (AvgIpc) is 2.32. The van der Waals surface area contributed by atoms with Gasteiger partial charge in [0.05, 0.1) is 0 Å². The zero-order valence-corrected chi connectivity index (χ0v) is 10.9. The van der Waals surface area contributed by atoms with Crippen molar-refractivity contribution in [1.82, 2.24) is 5.32 Å². The summed E-state index contributed by atoms with van der Waals surface area (Å²) in [4.78, 5) is 11.2. The monoisotopic (exact) mass is 273 g/mol. The third-order valence-electron chi connectivity index (χ3n) is 2.60. The average molecular weight is 273 g/mol. The van der Waals surface area contributed by atoms with E-state index in [1.165, 1.54) is 6.92 Å². The van der Waals surface area contributed by atoms with Crippen molar-refractivity contribution in [2.45, 2.75) is 25.8 Å². The van der Waals surface area contributed by atoms with E-state index >= 15 is 0 Å². The van der Waals surface area contributed by atoms with Gasteiger partial charge in [-0.05, 0) is 19.9 Å². The third kappa shape index (κ3) is 4.48. The lowest BCUT2D eigenvalue weighted by Gasteiger charge is -2.26. The summed E-state index contributed by atoms with van der Waals surface area (Å²) in [5, 5.41) is 12.0. The molecule has 0 aromatic heterocycles. The molecule has 19 heavy (non-hydrogen) atoms. The van der Waals surface area contributed by atoms with Gasteiger partial charge in [-0.15, -0.1) is 0 Å². The molecule has 0 aliphatic carbocycles. The standard InChI is InChI=1S/C13H17F2NO3/c1-3-4-16-13(2,12(17)18)8-19-11-6-9(14)5-10(15)7-11/h5-7,16H,3-4,8H2,1-2H3,(H,17,18). The first kappa shape index (κ1) is 15.4. The van der Waals surface area contributed by atoms with Crippen LogP contribution in [-0.2, 0) is 4.79 Å². The molecule has 0 aliphatic heterocycles. The Bertz CT molecular complexity index is 433. The number of halogens is 2. The maximum atomic E-state index is 13.0. The SMILES string of the molecule is CCCNC(C)(COc1cc(F)cc(F)c1)C(=O)O. The van der Waals surface area contributed by atoms with Crippen LogP contribution < -0.4 is 10.1 Å². The lowest BCUT2D eigenvalue weighted by molar-refractivity contribution is -0.145. The van der Waals surface area contributed by atoms with Gasteiger partial charge >= 0.3 is 5.97 Å². The largest absolute Gasteiger partial charge is 0.491 e. The Morgan fingerprint density at radius 1 is 1.37 bits per heavy atom. The van der Waals surface area contributed by atoms with Gasteiger partial charge in [-0.1, -0.05) is 6.92 Å². The predicted octanol–water partition coefficient (Wildman–Crippen LogP) is 2.19. The molecule has 6 heteroatoms. The van der Waals surface area contributed by atoms with Gasteiger partial charge in [0.2, 0.25) is 0 Å². The van der Waals surface area contributed by atoms with Crippen LogP contribution in [0.25, 0.3) is 0 Å². The van der Waals surface area contributed by atoms with Gasteiger partial charge in [0.1, 0.15) is 29.5 Å². The van der Waals surface area contributed by atoms with E-state index < -0.39 is 23.1 Å². The second-order valence-corrected chi connectivity index (χ2v) is 4.46. The molecule has 1 aromatic rings. The van der Waals surface area contributed by atoms with Crippen molar-refractivity contribution in [2.75, 3.05) is 13.2 Å². The van der Waals surface area contributed by atoms with Crippen molar-refractivity contribution >= 4 is 5.97 Å². The number of nitrogens with one attached hydrogen (secondary N) is 1. The number of hydrogen-bond acceptors (Lipinski definition) is 3. The highest BCUT2D eigenvalue weighted by Gasteiger charge is 2.33. The lowest BCUT2D eigenvalue weighted by Crippen LogP contribution is -2.54. The van der Waals surface area contributed by atoms with Gasteiger partial charge < -0.3 is 9.84 Å². The number of carbonyl (C=O) groups is 1. The minimum atomic E-state index is -1.31. The molecule has 2 N–H and O–H groups in total. The zero-order chi connectivity index (χ0) is 14.5. The normalized spacial score (nSPS) is 13.9. The summed E-state index contributed by atoms with van der Waals surface area (Å²) in [5.74, 6) is -2.66. The molecule has 0 bridgehead atoms. The fraction of sp³-hybridized carbons (Fsp3) is 0.462. The van der Waals surface area contributed by atoms with Crippen LogP contribution in [0.5, 0.6) is 5.75 Å². The third-order valence-corrected chi connectivity index (χ3v) is 2.60. The Morgan fingerprint density at radius 3 is 2.42 bits per heavy atom. The van der Waals surface area contributed by atoms with E-state index in [4.69, 9.17) is 9.84 Å². The highest BCUT2D eigenvalue weighted by Crippen LogP contribution is 2.17. The number of benzene rings is 1. The first-order valence-electron chi connectivity index (χ1n) is 5.94. The van der Waals surface area contributed by atoms with Gasteiger partial charge in [-0.3, -0.25) is 10.1 Å². The molecule has 0 aliphatic rings. The van der Waals surface area contributed by atoms with E-state index in [2.05, 4.69) is 5.32 Å². The molecule has 106 valence electrons. The number of ether oxygens (including phenoxy) is 1. The van der Waals surface area contributed by atoms with Gasteiger partial charge in [-0.25, -0.2) is 8.78 Å². The molecule has 0 radical (unpaired) electrons. The van der Waals surface area contributed by atoms with Crippen molar-refractivity contribution in [2.24, 2.45) is 0 Å². The van der Waals surface area contributed by atoms with Crippen LogP contribution in [0.3, 0.4) is 0 Å². The van der Waals surface area contributed by atoms with Crippen LogP contribution in [0.15, 0.2) is 18.2 Å². The molecule has 1 rings (SSSR count). The van der Waals surface area contributed by atoms with Crippen LogP contribution in [-0.4, -0.2) is 29.8 Å². The Morgan fingerprint density at radius 2 is 1.95 bits per heavy atom. The second kappa shape index (κ2) is 6.47. The van der Waals surface area contributed by atoms with Gasteiger partial charge in [0.15, 0.2) is 0 Å². The topological polar surface area (TPSA) is 58.6 Å². The highest BCUT2D eigenvalue weighted by molar-refractivity contribution is 5.78. The number of carboxylic acid groups (broad SMARTS) is 1. The molecular weight excluding hydrogens is 256 g/mol. The van der Waals surface area contributed by atoms with Crippen molar-refractivity contribution in [3.8, 4) is 5.75 Å². The molecule has 4 nitrogen and oxygen atoms in total. The van der Waals surface area contributed by atoms with Crippen LogP contribution in [0.4, 0.5) is 8.78 Å². The molecule has 0 heterocycles.